The minimum atomic E-state index is 0.0172. The molecular weight excluding hydrogens is 202 g/mol. The summed E-state index contributed by atoms with van der Waals surface area (Å²) in [6.07, 6.45) is 2.67. The van der Waals surface area contributed by atoms with Crippen LogP contribution in [0.25, 0.3) is 0 Å². The molecule has 0 atom stereocenters. The van der Waals surface area contributed by atoms with Crippen molar-refractivity contribution in [2.75, 3.05) is 6.54 Å². The van der Waals surface area contributed by atoms with Crippen LogP contribution in [0.15, 0.2) is 17.2 Å². The number of nitrogens with one attached hydrogen (secondary N) is 1. The quantitative estimate of drug-likeness (QED) is 0.819. The third-order valence-corrected chi connectivity index (χ3v) is 2.86. The average molecular weight is 223 g/mol. The summed E-state index contributed by atoms with van der Waals surface area (Å²) in [6.45, 7) is 9.73. The maximum Gasteiger partial charge on any atom is 0.253 e. The number of hydrogen-bond donors (Lipinski definition) is 1. The van der Waals surface area contributed by atoms with Gasteiger partial charge in [0.25, 0.3) is 5.56 Å². The standard InChI is InChI=1S/C12H21N3O/c1-5-12(3,4)14-6-7-15-9-13-10(2)8-11(15)16/h8-9,14H,5-7H2,1-4H3. The predicted octanol–water partition coefficient (Wildman–Crippen LogP) is 1.33. The molecule has 0 amide bonds. The first-order chi connectivity index (χ1) is 7.44. The van der Waals surface area contributed by atoms with Crippen molar-refractivity contribution in [3.05, 3.63) is 28.4 Å². The smallest absolute Gasteiger partial charge is 0.253 e. The van der Waals surface area contributed by atoms with E-state index in [2.05, 4.69) is 31.1 Å². The molecule has 4 heteroatoms. The van der Waals surface area contributed by atoms with E-state index in [0.717, 1.165) is 18.7 Å². The fraction of sp³-hybridized carbons (Fsp3) is 0.667. The van der Waals surface area contributed by atoms with Crippen LogP contribution in [0.3, 0.4) is 0 Å². The van der Waals surface area contributed by atoms with Crippen LogP contribution >= 0.6 is 0 Å². The highest BCUT2D eigenvalue weighted by molar-refractivity contribution is 4.96. The molecular formula is C12H21N3O. The van der Waals surface area contributed by atoms with Gasteiger partial charge in [-0.2, -0.15) is 0 Å². The van der Waals surface area contributed by atoms with Crippen molar-refractivity contribution >= 4 is 0 Å². The van der Waals surface area contributed by atoms with E-state index < -0.39 is 0 Å². The fourth-order valence-corrected chi connectivity index (χ4v) is 1.32. The lowest BCUT2D eigenvalue weighted by Crippen LogP contribution is -2.41. The monoisotopic (exact) mass is 223 g/mol. The normalized spacial score (nSPS) is 11.8. The zero-order valence-electron chi connectivity index (χ0n) is 10.6. The van der Waals surface area contributed by atoms with E-state index in [9.17, 15) is 4.79 Å². The number of aromatic nitrogens is 2. The van der Waals surface area contributed by atoms with E-state index >= 15 is 0 Å². The van der Waals surface area contributed by atoms with Crippen molar-refractivity contribution in [1.82, 2.24) is 14.9 Å². The molecule has 1 aromatic heterocycles. The van der Waals surface area contributed by atoms with E-state index in [1.807, 2.05) is 6.92 Å². The van der Waals surface area contributed by atoms with Crippen molar-refractivity contribution in [3.63, 3.8) is 0 Å². The maximum atomic E-state index is 11.6. The lowest BCUT2D eigenvalue weighted by Gasteiger charge is -2.24. The Kier molecular flexibility index (Phi) is 4.24. The van der Waals surface area contributed by atoms with Gasteiger partial charge in [-0.05, 0) is 27.2 Å². The number of aryl methyl sites for hydroxylation is 1. The predicted molar refractivity (Wildman–Crippen MR) is 65.6 cm³/mol. The first-order valence-corrected chi connectivity index (χ1v) is 5.73. The lowest BCUT2D eigenvalue weighted by atomic mass is 10.0. The van der Waals surface area contributed by atoms with Gasteiger partial charge in [0.05, 0.1) is 6.33 Å². The van der Waals surface area contributed by atoms with Gasteiger partial charge in [-0.3, -0.25) is 9.36 Å². The summed E-state index contributed by atoms with van der Waals surface area (Å²) < 4.78 is 1.63. The highest BCUT2D eigenvalue weighted by Gasteiger charge is 2.12. The number of nitrogens with zero attached hydrogens (tertiary/aromatic N) is 2. The van der Waals surface area contributed by atoms with Crippen molar-refractivity contribution in [2.24, 2.45) is 0 Å². The Labute approximate surface area is 96.7 Å². The minimum Gasteiger partial charge on any atom is -0.310 e. The second-order valence-corrected chi connectivity index (χ2v) is 4.73. The molecule has 0 unspecified atom stereocenters. The zero-order chi connectivity index (χ0) is 12.2. The minimum absolute atomic E-state index is 0.0172. The average Bonchev–Trinajstić information content (AvgIpc) is 2.21. The van der Waals surface area contributed by atoms with Gasteiger partial charge in [0.2, 0.25) is 0 Å². The Hall–Kier alpha value is -1.16. The maximum absolute atomic E-state index is 11.6. The van der Waals surface area contributed by atoms with Gasteiger partial charge in [0.1, 0.15) is 0 Å². The van der Waals surface area contributed by atoms with Crippen molar-refractivity contribution in [1.29, 1.82) is 0 Å². The fourth-order valence-electron chi connectivity index (χ4n) is 1.32. The highest BCUT2D eigenvalue weighted by atomic mass is 16.1. The van der Waals surface area contributed by atoms with E-state index in [1.165, 1.54) is 0 Å². The molecule has 0 aliphatic carbocycles. The third kappa shape index (κ3) is 3.77. The summed E-state index contributed by atoms with van der Waals surface area (Å²) in [4.78, 5) is 15.7. The van der Waals surface area contributed by atoms with Crippen LogP contribution in [0.5, 0.6) is 0 Å². The summed E-state index contributed by atoms with van der Waals surface area (Å²) in [5.74, 6) is 0. The lowest BCUT2D eigenvalue weighted by molar-refractivity contribution is 0.366. The summed E-state index contributed by atoms with van der Waals surface area (Å²) in [5.41, 5.74) is 0.911. The summed E-state index contributed by atoms with van der Waals surface area (Å²) in [5, 5.41) is 3.41. The molecule has 0 aliphatic rings. The Morgan fingerprint density at radius 1 is 1.50 bits per heavy atom. The van der Waals surface area contributed by atoms with Gasteiger partial charge in [0, 0.05) is 30.4 Å². The molecule has 1 aromatic rings. The Bertz CT molecular complexity index is 395. The van der Waals surface area contributed by atoms with Crippen molar-refractivity contribution < 1.29 is 0 Å². The molecule has 0 saturated heterocycles. The van der Waals surface area contributed by atoms with Crippen LogP contribution in [0.1, 0.15) is 32.9 Å². The Morgan fingerprint density at radius 2 is 2.19 bits per heavy atom. The third-order valence-electron chi connectivity index (χ3n) is 2.86. The van der Waals surface area contributed by atoms with Gasteiger partial charge >= 0.3 is 0 Å². The van der Waals surface area contributed by atoms with Crippen LogP contribution in [0.4, 0.5) is 0 Å². The summed E-state index contributed by atoms with van der Waals surface area (Å²) in [6, 6.07) is 1.56. The summed E-state index contributed by atoms with van der Waals surface area (Å²) >= 11 is 0. The molecule has 1 heterocycles. The molecule has 0 radical (unpaired) electrons. The van der Waals surface area contributed by atoms with Gasteiger partial charge in [-0.25, -0.2) is 4.98 Å². The molecule has 1 N–H and O–H groups in total. The SMILES string of the molecule is CCC(C)(C)NCCn1cnc(C)cc1=O. The molecule has 0 aliphatic heterocycles. The van der Waals surface area contributed by atoms with Crippen molar-refractivity contribution in [3.8, 4) is 0 Å². The van der Waals surface area contributed by atoms with Crippen LogP contribution in [0.2, 0.25) is 0 Å². The largest absolute Gasteiger partial charge is 0.310 e. The zero-order valence-corrected chi connectivity index (χ0v) is 10.6. The van der Waals surface area contributed by atoms with E-state index in [1.54, 1.807) is 17.0 Å². The van der Waals surface area contributed by atoms with E-state index in [0.29, 0.717) is 6.54 Å². The van der Waals surface area contributed by atoms with Crippen LogP contribution in [0, 0.1) is 6.92 Å². The molecule has 0 aromatic carbocycles. The molecule has 0 saturated carbocycles. The van der Waals surface area contributed by atoms with Gasteiger partial charge in [-0.1, -0.05) is 6.92 Å². The Morgan fingerprint density at radius 3 is 2.75 bits per heavy atom. The topological polar surface area (TPSA) is 46.9 Å². The van der Waals surface area contributed by atoms with Crippen LogP contribution in [-0.4, -0.2) is 21.6 Å². The molecule has 0 bridgehead atoms. The molecule has 16 heavy (non-hydrogen) atoms. The van der Waals surface area contributed by atoms with Crippen LogP contribution in [-0.2, 0) is 6.54 Å². The molecule has 1 rings (SSSR count). The first-order valence-electron chi connectivity index (χ1n) is 5.73. The van der Waals surface area contributed by atoms with E-state index in [-0.39, 0.29) is 11.1 Å². The van der Waals surface area contributed by atoms with Gasteiger partial charge < -0.3 is 5.32 Å². The second-order valence-electron chi connectivity index (χ2n) is 4.73. The summed E-state index contributed by atoms with van der Waals surface area (Å²) in [7, 11) is 0. The first kappa shape index (κ1) is 12.9. The molecule has 4 nitrogen and oxygen atoms in total. The van der Waals surface area contributed by atoms with Gasteiger partial charge in [-0.15, -0.1) is 0 Å². The second kappa shape index (κ2) is 5.25. The molecule has 0 spiro atoms. The molecule has 90 valence electrons. The number of rotatable bonds is 5. The van der Waals surface area contributed by atoms with Crippen LogP contribution < -0.4 is 10.9 Å². The van der Waals surface area contributed by atoms with Crippen molar-refractivity contribution in [2.45, 2.75) is 46.2 Å². The highest BCUT2D eigenvalue weighted by Crippen LogP contribution is 2.05. The van der Waals surface area contributed by atoms with E-state index in [4.69, 9.17) is 0 Å². The van der Waals surface area contributed by atoms with Gasteiger partial charge in [0.15, 0.2) is 0 Å². The number of hydrogen-bond acceptors (Lipinski definition) is 3. The molecule has 0 fully saturated rings. The Balaban J connectivity index is 2.53.